The molecule has 0 fully saturated rings. The van der Waals surface area contributed by atoms with Crippen LogP contribution < -0.4 is 4.90 Å². The fourth-order valence-corrected chi connectivity index (χ4v) is 9.66. The maximum Gasteiger partial charge on any atom is 0.0554 e. The van der Waals surface area contributed by atoms with Gasteiger partial charge in [-0.25, -0.2) is 0 Å². The van der Waals surface area contributed by atoms with Crippen LogP contribution in [-0.2, 0) is 5.41 Å². The van der Waals surface area contributed by atoms with Crippen molar-refractivity contribution >= 4 is 59.3 Å². The van der Waals surface area contributed by atoms with Crippen molar-refractivity contribution in [2.75, 3.05) is 4.90 Å². The number of hydrogen-bond donors (Lipinski definition) is 0. The molecule has 0 saturated heterocycles. The molecule has 1 nitrogen and oxygen atoms in total. The lowest BCUT2D eigenvalue weighted by molar-refractivity contribution is 0.660. The predicted octanol–water partition coefficient (Wildman–Crippen LogP) is 14.3. The van der Waals surface area contributed by atoms with Crippen LogP contribution in [0.4, 0.5) is 17.1 Å². The highest BCUT2D eigenvalue weighted by Gasteiger charge is 2.36. The molecule has 1 aliphatic carbocycles. The van der Waals surface area contributed by atoms with E-state index in [2.05, 4.69) is 195 Å². The number of benzene rings is 8. The predicted molar refractivity (Wildman–Crippen MR) is 220 cm³/mol. The third kappa shape index (κ3) is 4.67. The van der Waals surface area contributed by atoms with Crippen molar-refractivity contribution in [1.29, 1.82) is 0 Å². The van der Waals surface area contributed by atoms with Gasteiger partial charge in [0.05, 0.1) is 5.69 Å². The lowest BCUT2D eigenvalue weighted by Gasteiger charge is -2.29. The molecule has 9 aromatic rings. The summed E-state index contributed by atoms with van der Waals surface area (Å²) < 4.78 is 2.63. The minimum atomic E-state index is -0.104. The molecule has 10 rings (SSSR count). The van der Waals surface area contributed by atoms with Crippen molar-refractivity contribution in [2.45, 2.75) is 19.3 Å². The fourth-order valence-electron chi connectivity index (χ4n) is 8.37. The number of rotatable bonds is 5. The SMILES string of the molecule is CC1(C)c2ccccc2-c2ccc(N(c3ccc(-c4ccccc4)cc3)c3cccc4cc(-c5ccccc5)c5c6ccccc6sc5c34)cc21. The third-order valence-corrected chi connectivity index (χ3v) is 12.0. The summed E-state index contributed by atoms with van der Waals surface area (Å²) in [5, 5.41) is 5.16. The Labute approximate surface area is 302 Å². The quantitative estimate of drug-likeness (QED) is 0.176. The normalized spacial score (nSPS) is 13.1. The lowest BCUT2D eigenvalue weighted by atomic mass is 9.82. The van der Waals surface area contributed by atoms with Crippen LogP contribution in [0.5, 0.6) is 0 Å². The van der Waals surface area contributed by atoms with Gasteiger partial charge in [-0.15, -0.1) is 11.3 Å². The van der Waals surface area contributed by atoms with Gasteiger partial charge in [0.15, 0.2) is 0 Å². The van der Waals surface area contributed by atoms with E-state index < -0.39 is 0 Å². The Balaban J connectivity index is 1.25. The molecule has 0 saturated carbocycles. The summed E-state index contributed by atoms with van der Waals surface area (Å²) >= 11 is 1.91. The van der Waals surface area contributed by atoms with E-state index in [1.807, 2.05) is 11.3 Å². The standard InChI is InChI=1S/C49H35NS/c1-49(2)42-21-11-9-19-38(42)39-29-28-37(31-43(39)49)50(36-26-24-33(25-27-36)32-14-5-3-6-15-32)44-22-13-18-35-30-41(34-16-7-4-8-17-34)47-40-20-10-12-23-45(40)51-48(47)46(35)44/h3-31H,1-2H3. The third-order valence-electron chi connectivity index (χ3n) is 10.9. The van der Waals surface area contributed by atoms with Crippen LogP contribution in [0.1, 0.15) is 25.0 Å². The monoisotopic (exact) mass is 669 g/mol. The van der Waals surface area contributed by atoms with Gasteiger partial charge in [0.2, 0.25) is 0 Å². The Morgan fingerprint density at radius 1 is 0.451 bits per heavy atom. The van der Waals surface area contributed by atoms with Crippen LogP contribution in [0.3, 0.4) is 0 Å². The maximum absolute atomic E-state index is 2.49. The fraction of sp³-hybridized carbons (Fsp3) is 0.0612. The summed E-state index contributed by atoms with van der Waals surface area (Å²) in [6.07, 6.45) is 0. The van der Waals surface area contributed by atoms with Gasteiger partial charge in [-0.2, -0.15) is 0 Å². The van der Waals surface area contributed by atoms with Gasteiger partial charge in [0, 0.05) is 42.3 Å². The molecule has 0 radical (unpaired) electrons. The molecule has 1 aliphatic rings. The summed E-state index contributed by atoms with van der Waals surface area (Å²) in [6.45, 7) is 4.73. The lowest BCUT2D eigenvalue weighted by Crippen LogP contribution is -2.16. The molecular weight excluding hydrogens is 635 g/mol. The van der Waals surface area contributed by atoms with Gasteiger partial charge in [-0.1, -0.05) is 147 Å². The Bertz CT molecular complexity index is 2760. The smallest absolute Gasteiger partial charge is 0.0554 e. The summed E-state index contributed by atoms with van der Waals surface area (Å²) in [4.78, 5) is 2.49. The van der Waals surface area contributed by atoms with E-state index in [9.17, 15) is 0 Å². The van der Waals surface area contributed by atoms with Gasteiger partial charge in [0.25, 0.3) is 0 Å². The first-order valence-electron chi connectivity index (χ1n) is 17.7. The van der Waals surface area contributed by atoms with Crippen LogP contribution in [0, 0.1) is 0 Å². The zero-order valence-corrected chi connectivity index (χ0v) is 29.4. The largest absolute Gasteiger partial charge is 0.310 e. The topological polar surface area (TPSA) is 3.24 Å². The zero-order chi connectivity index (χ0) is 34.1. The average molecular weight is 670 g/mol. The maximum atomic E-state index is 2.49. The molecule has 0 N–H and O–H groups in total. The molecule has 0 amide bonds. The molecular formula is C49H35NS. The van der Waals surface area contributed by atoms with Gasteiger partial charge in [0.1, 0.15) is 0 Å². The molecule has 0 bridgehead atoms. The molecule has 0 unspecified atom stereocenters. The van der Waals surface area contributed by atoms with Crippen LogP contribution in [0.25, 0.3) is 64.3 Å². The Hall–Kier alpha value is -5.96. The molecule has 2 heteroatoms. The Kier molecular flexibility index (Phi) is 6.78. The Morgan fingerprint density at radius 2 is 1.10 bits per heavy atom. The molecule has 1 aromatic heterocycles. The number of anilines is 3. The first-order chi connectivity index (χ1) is 25.1. The summed E-state index contributed by atoms with van der Waals surface area (Å²) in [5.74, 6) is 0. The second kappa shape index (κ2) is 11.6. The first kappa shape index (κ1) is 29.9. The van der Waals surface area contributed by atoms with Gasteiger partial charge in [-0.05, 0) is 92.4 Å². The van der Waals surface area contributed by atoms with Crippen LogP contribution >= 0.6 is 11.3 Å². The molecule has 0 aliphatic heterocycles. The van der Waals surface area contributed by atoms with Gasteiger partial charge >= 0.3 is 0 Å². The second-order valence-electron chi connectivity index (χ2n) is 14.1. The summed E-state index contributed by atoms with van der Waals surface area (Å²) in [7, 11) is 0. The van der Waals surface area contributed by atoms with E-state index >= 15 is 0 Å². The Morgan fingerprint density at radius 3 is 1.90 bits per heavy atom. The average Bonchev–Trinajstić information content (AvgIpc) is 3.68. The number of fused-ring (bicyclic) bond motifs is 8. The van der Waals surface area contributed by atoms with E-state index in [1.165, 1.54) is 81.1 Å². The molecule has 0 atom stereocenters. The molecule has 8 aromatic carbocycles. The first-order valence-corrected chi connectivity index (χ1v) is 18.5. The van der Waals surface area contributed by atoms with Gasteiger partial charge < -0.3 is 4.90 Å². The number of thiophene rings is 1. The van der Waals surface area contributed by atoms with E-state index in [1.54, 1.807) is 0 Å². The molecule has 1 heterocycles. The van der Waals surface area contributed by atoms with E-state index in [4.69, 9.17) is 0 Å². The molecule has 51 heavy (non-hydrogen) atoms. The van der Waals surface area contributed by atoms with Crippen molar-refractivity contribution < 1.29 is 0 Å². The highest BCUT2D eigenvalue weighted by atomic mass is 32.1. The highest BCUT2D eigenvalue weighted by molar-refractivity contribution is 7.26. The minimum absolute atomic E-state index is 0.104. The van der Waals surface area contributed by atoms with Gasteiger partial charge in [-0.3, -0.25) is 0 Å². The van der Waals surface area contributed by atoms with E-state index in [0.717, 1.165) is 11.4 Å². The number of nitrogens with zero attached hydrogens (tertiary/aromatic N) is 1. The van der Waals surface area contributed by atoms with Crippen LogP contribution in [0.15, 0.2) is 176 Å². The summed E-state index contributed by atoms with van der Waals surface area (Å²) in [6, 6.07) is 64.7. The van der Waals surface area contributed by atoms with Crippen molar-refractivity contribution in [3.8, 4) is 33.4 Å². The van der Waals surface area contributed by atoms with E-state index in [0.29, 0.717) is 0 Å². The van der Waals surface area contributed by atoms with Crippen molar-refractivity contribution in [3.63, 3.8) is 0 Å². The zero-order valence-electron chi connectivity index (χ0n) is 28.6. The van der Waals surface area contributed by atoms with Crippen molar-refractivity contribution in [1.82, 2.24) is 0 Å². The molecule has 0 spiro atoms. The summed E-state index contributed by atoms with van der Waals surface area (Å²) in [5.41, 5.74) is 13.8. The minimum Gasteiger partial charge on any atom is -0.310 e. The van der Waals surface area contributed by atoms with Crippen LogP contribution in [0.2, 0.25) is 0 Å². The highest BCUT2D eigenvalue weighted by Crippen LogP contribution is 2.52. The number of hydrogen-bond acceptors (Lipinski definition) is 2. The van der Waals surface area contributed by atoms with Crippen molar-refractivity contribution in [3.05, 3.63) is 187 Å². The van der Waals surface area contributed by atoms with E-state index in [-0.39, 0.29) is 5.41 Å². The van der Waals surface area contributed by atoms with Crippen molar-refractivity contribution in [2.24, 2.45) is 0 Å². The molecule has 242 valence electrons. The van der Waals surface area contributed by atoms with Crippen LogP contribution in [-0.4, -0.2) is 0 Å². The second-order valence-corrected chi connectivity index (χ2v) is 15.2.